The molecule has 1 spiro atoms. The van der Waals surface area contributed by atoms with Gasteiger partial charge in [0.25, 0.3) is 5.91 Å². The first-order chi connectivity index (χ1) is 14.1. The molecular weight excluding hydrogens is 368 g/mol. The summed E-state index contributed by atoms with van der Waals surface area (Å²) in [5, 5.41) is 3.17. The molecule has 3 heterocycles. The summed E-state index contributed by atoms with van der Waals surface area (Å²) < 4.78 is 5.16. The Kier molecular flexibility index (Phi) is 4.62. The van der Waals surface area contributed by atoms with Gasteiger partial charge in [0.15, 0.2) is 6.39 Å². The number of rotatable bonds is 6. The minimum Gasteiger partial charge on any atom is -0.438 e. The number of carbonyl (C=O) groups excluding carboxylic acids is 2. The molecular formula is C22H26N4O3. The lowest BCUT2D eigenvalue weighted by atomic mass is 9.71. The van der Waals surface area contributed by atoms with Gasteiger partial charge in [-0.05, 0) is 24.3 Å². The predicted molar refractivity (Wildman–Crippen MR) is 106 cm³/mol. The van der Waals surface area contributed by atoms with E-state index in [1.165, 1.54) is 31.0 Å². The molecule has 0 radical (unpaired) electrons. The van der Waals surface area contributed by atoms with Crippen molar-refractivity contribution in [1.82, 2.24) is 20.1 Å². The van der Waals surface area contributed by atoms with E-state index >= 15 is 0 Å². The molecule has 7 nitrogen and oxygen atoms in total. The van der Waals surface area contributed by atoms with Gasteiger partial charge in [0.05, 0.1) is 12.1 Å². The summed E-state index contributed by atoms with van der Waals surface area (Å²) in [6, 6.07) is 10.3. The van der Waals surface area contributed by atoms with E-state index in [-0.39, 0.29) is 28.9 Å². The predicted octanol–water partition coefficient (Wildman–Crippen LogP) is 1.77. The Balaban J connectivity index is 1.29. The molecule has 0 bridgehead atoms. The van der Waals surface area contributed by atoms with Crippen LogP contribution in [0.1, 0.15) is 29.0 Å². The molecule has 7 heteroatoms. The Hall–Kier alpha value is -2.67. The van der Waals surface area contributed by atoms with Gasteiger partial charge in [-0.2, -0.15) is 0 Å². The van der Waals surface area contributed by atoms with Gasteiger partial charge in [-0.25, -0.2) is 4.98 Å². The zero-order chi connectivity index (χ0) is 19.8. The van der Waals surface area contributed by atoms with Gasteiger partial charge in [-0.1, -0.05) is 30.3 Å². The average Bonchev–Trinajstić information content (AvgIpc) is 3.22. The highest BCUT2D eigenvalue weighted by Gasteiger charge is 2.58. The summed E-state index contributed by atoms with van der Waals surface area (Å²) in [4.78, 5) is 33.6. The highest BCUT2D eigenvalue weighted by Crippen LogP contribution is 2.45. The maximum absolute atomic E-state index is 13.0. The summed E-state index contributed by atoms with van der Waals surface area (Å²) in [6.07, 6.45) is 5.16. The van der Waals surface area contributed by atoms with E-state index in [9.17, 15) is 9.59 Å². The van der Waals surface area contributed by atoms with Crippen LogP contribution < -0.4 is 5.32 Å². The summed E-state index contributed by atoms with van der Waals surface area (Å²) in [5.74, 6) is 0.811. The van der Waals surface area contributed by atoms with Crippen LogP contribution in [0, 0.1) is 17.3 Å². The molecule has 1 N–H and O–H groups in total. The van der Waals surface area contributed by atoms with Crippen molar-refractivity contribution in [2.45, 2.75) is 19.4 Å². The van der Waals surface area contributed by atoms with Crippen LogP contribution in [0.25, 0.3) is 0 Å². The number of likely N-dealkylation sites (tertiary alicyclic amines) is 2. The van der Waals surface area contributed by atoms with Gasteiger partial charge in [0.1, 0.15) is 0 Å². The number of benzene rings is 1. The summed E-state index contributed by atoms with van der Waals surface area (Å²) in [5.41, 5.74) is 1.06. The van der Waals surface area contributed by atoms with Gasteiger partial charge in [0.2, 0.25) is 11.7 Å². The zero-order valence-electron chi connectivity index (χ0n) is 16.4. The number of nitrogens with one attached hydrogen (secondary N) is 1. The van der Waals surface area contributed by atoms with E-state index in [0.717, 1.165) is 26.2 Å². The molecule has 3 aliphatic rings. The molecule has 1 saturated carbocycles. The topological polar surface area (TPSA) is 78.7 Å². The smallest absolute Gasteiger partial charge is 0.291 e. The summed E-state index contributed by atoms with van der Waals surface area (Å²) in [7, 11) is 0. The van der Waals surface area contributed by atoms with Crippen molar-refractivity contribution in [3.63, 3.8) is 0 Å². The van der Waals surface area contributed by atoms with Gasteiger partial charge in [-0.15, -0.1) is 0 Å². The molecule has 1 aliphatic carbocycles. The normalized spacial score (nSPS) is 23.2. The molecule has 2 amide bonds. The lowest BCUT2D eigenvalue weighted by Gasteiger charge is -2.50. The van der Waals surface area contributed by atoms with Crippen molar-refractivity contribution in [3.05, 3.63) is 54.2 Å². The molecule has 1 atom stereocenters. The maximum Gasteiger partial charge on any atom is 0.291 e. The van der Waals surface area contributed by atoms with E-state index in [2.05, 4.69) is 27.3 Å². The first kappa shape index (κ1) is 18.4. The minimum atomic E-state index is -0.182. The van der Waals surface area contributed by atoms with E-state index < -0.39 is 0 Å². The fourth-order valence-electron chi connectivity index (χ4n) is 4.74. The second kappa shape index (κ2) is 7.30. The number of hydrogen-bond donors (Lipinski definition) is 1. The molecule has 5 rings (SSSR count). The average molecular weight is 394 g/mol. The van der Waals surface area contributed by atoms with Gasteiger partial charge < -0.3 is 14.6 Å². The third-order valence-corrected chi connectivity index (χ3v) is 6.49. The van der Waals surface area contributed by atoms with Crippen molar-refractivity contribution in [1.29, 1.82) is 0 Å². The van der Waals surface area contributed by atoms with Crippen LogP contribution in [-0.2, 0) is 11.3 Å². The summed E-state index contributed by atoms with van der Waals surface area (Å²) in [6.45, 7) is 4.33. The van der Waals surface area contributed by atoms with Gasteiger partial charge >= 0.3 is 0 Å². The van der Waals surface area contributed by atoms with Crippen LogP contribution in [0.4, 0.5) is 0 Å². The molecule has 152 valence electrons. The number of oxazole rings is 1. The second-order valence-corrected chi connectivity index (χ2v) is 8.79. The van der Waals surface area contributed by atoms with E-state index in [1.54, 1.807) is 4.90 Å². The Morgan fingerprint density at radius 1 is 1.17 bits per heavy atom. The van der Waals surface area contributed by atoms with E-state index in [4.69, 9.17) is 4.42 Å². The lowest BCUT2D eigenvalue weighted by molar-refractivity contribution is -0.131. The molecule has 2 aromatic rings. The van der Waals surface area contributed by atoms with E-state index in [1.807, 2.05) is 18.2 Å². The molecule has 29 heavy (non-hydrogen) atoms. The number of nitrogens with zero attached hydrogens (tertiary/aromatic N) is 3. The third kappa shape index (κ3) is 3.67. The highest BCUT2D eigenvalue weighted by atomic mass is 16.3. The fraction of sp³-hybridized carbons (Fsp3) is 0.500. The van der Waals surface area contributed by atoms with Crippen molar-refractivity contribution in [2.75, 3.05) is 32.7 Å². The standard InChI is InChI=1S/C22H26N4O3/c27-20(24-8-16-6-7-16)18-11-25(10-17-4-2-1-3-5-17)12-22(18)13-26(14-22)21(28)19-9-23-15-29-19/h1-5,9,15-16,18H,6-8,10-14H2,(H,24,27). The van der Waals surface area contributed by atoms with Crippen LogP contribution in [0.5, 0.6) is 0 Å². The number of aromatic nitrogens is 1. The number of amides is 2. The minimum absolute atomic E-state index is 0.0938. The zero-order valence-corrected chi connectivity index (χ0v) is 16.4. The molecule has 1 unspecified atom stereocenters. The highest BCUT2D eigenvalue weighted by molar-refractivity contribution is 5.92. The SMILES string of the molecule is O=C(NCC1CC1)C1CN(Cc2ccccc2)CC12CN(C(=O)c1cnco1)C2. The van der Waals surface area contributed by atoms with Crippen LogP contribution in [0.15, 0.2) is 47.3 Å². The Morgan fingerprint density at radius 2 is 1.97 bits per heavy atom. The quantitative estimate of drug-likeness (QED) is 0.808. The van der Waals surface area contributed by atoms with Crippen molar-refractivity contribution >= 4 is 11.8 Å². The molecule has 2 saturated heterocycles. The first-order valence-corrected chi connectivity index (χ1v) is 10.3. The van der Waals surface area contributed by atoms with Crippen LogP contribution in [0.3, 0.4) is 0 Å². The van der Waals surface area contributed by atoms with E-state index in [0.29, 0.717) is 19.0 Å². The first-order valence-electron chi connectivity index (χ1n) is 10.3. The van der Waals surface area contributed by atoms with Crippen LogP contribution in [0.2, 0.25) is 0 Å². The largest absolute Gasteiger partial charge is 0.438 e. The lowest BCUT2D eigenvalue weighted by Crippen LogP contribution is -2.64. The van der Waals surface area contributed by atoms with Gasteiger partial charge in [-0.3, -0.25) is 14.5 Å². The van der Waals surface area contributed by atoms with Crippen molar-refractivity contribution < 1.29 is 14.0 Å². The second-order valence-electron chi connectivity index (χ2n) is 8.79. The Labute approximate surface area is 170 Å². The van der Waals surface area contributed by atoms with Crippen molar-refractivity contribution in [3.8, 4) is 0 Å². The van der Waals surface area contributed by atoms with Crippen LogP contribution >= 0.6 is 0 Å². The van der Waals surface area contributed by atoms with Crippen LogP contribution in [-0.4, -0.2) is 59.3 Å². The summed E-state index contributed by atoms with van der Waals surface area (Å²) >= 11 is 0. The maximum atomic E-state index is 13.0. The fourth-order valence-corrected chi connectivity index (χ4v) is 4.74. The van der Waals surface area contributed by atoms with Crippen molar-refractivity contribution in [2.24, 2.45) is 17.3 Å². The molecule has 2 aliphatic heterocycles. The molecule has 3 fully saturated rings. The number of hydrogen-bond acceptors (Lipinski definition) is 5. The Morgan fingerprint density at radius 3 is 2.66 bits per heavy atom. The Bertz CT molecular complexity index is 873. The number of carbonyl (C=O) groups is 2. The molecule has 1 aromatic carbocycles. The molecule has 1 aromatic heterocycles. The third-order valence-electron chi connectivity index (χ3n) is 6.49. The van der Waals surface area contributed by atoms with Gasteiger partial charge in [0, 0.05) is 44.7 Å². The monoisotopic (exact) mass is 394 g/mol.